The molecule has 3 rings (SSSR count). The topological polar surface area (TPSA) is 70.1 Å². The highest BCUT2D eigenvalue weighted by Gasteiger charge is 2.31. The fraction of sp³-hybridized carbons (Fsp3) is 0.391. The van der Waals surface area contributed by atoms with Gasteiger partial charge in [-0.05, 0) is 44.0 Å². The number of urea groups is 1. The minimum atomic E-state index is -0.564. The van der Waals surface area contributed by atoms with Crippen LogP contribution < -0.4 is 4.90 Å². The molecule has 30 heavy (non-hydrogen) atoms. The third-order valence-corrected chi connectivity index (χ3v) is 5.08. The molecule has 1 heterocycles. The van der Waals surface area contributed by atoms with Crippen molar-refractivity contribution < 1.29 is 23.8 Å². The first-order valence-electron chi connectivity index (χ1n) is 9.99. The summed E-state index contributed by atoms with van der Waals surface area (Å²) < 4.78 is 20.5. The van der Waals surface area contributed by atoms with Gasteiger partial charge < -0.3 is 14.7 Å². The summed E-state index contributed by atoms with van der Waals surface area (Å²) in [5, 5.41) is 9.00. The number of amides is 2. The molecule has 0 aliphatic carbocycles. The number of ether oxygens (including phenoxy) is 1. The van der Waals surface area contributed by atoms with E-state index in [1.807, 2.05) is 13.8 Å². The summed E-state index contributed by atoms with van der Waals surface area (Å²) in [5.74, 6) is -0.847. The highest BCUT2D eigenvalue weighted by molar-refractivity contribution is 5.97. The normalized spacial score (nSPS) is 18.9. The average molecular weight is 414 g/mol. The first-order chi connectivity index (χ1) is 14.3. The van der Waals surface area contributed by atoms with Gasteiger partial charge in [0, 0.05) is 18.7 Å². The van der Waals surface area contributed by atoms with E-state index in [0.29, 0.717) is 18.7 Å². The van der Waals surface area contributed by atoms with Crippen molar-refractivity contribution in [2.45, 2.75) is 39.5 Å². The third-order valence-electron chi connectivity index (χ3n) is 5.08. The lowest BCUT2D eigenvalue weighted by Gasteiger charge is -2.38. The maximum atomic E-state index is 14.8. The van der Waals surface area contributed by atoms with Crippen molar-refractivity contribution in [2.24, 2.45) is 0 Å². The first-order valence-corrected chi connectivity index (χ1v) is 9.99. The van der Waals surface area contributed by atoms with Crippen LogP contribution in [0.2, 0.25) is 0 Å². The van der Waals surface area contributed by atoms with Crippen molar-refractivity contribution in [3.8, 4) is 0 Å². The maximum absolute atomic E-state index is 14.8. The second kappa shape index (κ2) is 9.36. The molecule has 1 aliphatic heterocycles. The summed E-state index contributed by atoms with van der Waals surface area (Å²) in [7, 11) is 0. The van der Waals surface area contributed by atoms with Gasteiger partial charge in [-0.3, -0.25) is 9.69 Å². The van der Waals surface area contributed by atoms with Gasteiger partial charge in [-0.2, -0.15) is 0 Å². The monoisotopic (exact) mass is 414 g/mol. The Morgan fingerprint density at radius 1 is 1.13 bits per heavy atom. The molecule has 1 N–H and O–H groups in total. The average Bonchev–Trinajstić information content (AvgIpc) is 2.71. The standard InChI is InChI=1S/C23H27FN2O4/c1-15-4-9-21(20(24)10-15)26(23(29)25-11-16(2)30-17(3)12-25)13-18-5-7-19(8-6-18)22(28)14-27/h4-10,16-17,27H,11-14H2,1-3H3. The highest BCUT2D eigenvalue weighted by atomic mass is 19.1. The van der Waals surface area contributed by atoms with E-state index in [1.54, 1.807) is 48.2 Å². The molecule has 2 aromatic carbocycles. The number of carbonyl (C=O) groups is 2. The van der Waals surface area contributed by atoms with E-state index in [0.717, 1.165) is 11.1 Å². The molecule has 160 valence electrons. The number of anilines is 1. The van der Waals surface area contributed by atoms with E-state index in [1.165, 1.54) is 11.0 Å². The molecular weight excluding hydrogens is 387 g/mol. The number of ketones is 1. The summed E-state index contributed by atoms with van der Waals surface area (Å²) in [6.45, 7) is 6.04. The Morgan fingerprint density at radius 3 is 2.33 bits per heavy atom. The maximum Gasteiger partial charge on any atom is 0.325 e. The Hall–Kier alpha value is -2.77. The van der Waals surface area contributed by atoms with Crippen molar-refractivity contribution in [3.63, 3.8) is 0 Å². The number of benzene rings is 2. The number of morpholine rings is 1. The van der Waals surface area contributed by atoms with Crippen LogP contribution in [0.25, 0.3) is 0 Å². The number of aliphatic hydroxyl groups excluding tert-OH is 1. The van der Waals surface area contributed by atoms with Crippen molar-refractivity contribution in [3.05, 3.63) is 65.0 Å². The Morgan fingerprint density at radius 2 is 1.77 bits per heavy atom. The SMILES string of the molecule is Cc1ccc(N(Cc2ccc(C(=O)CO)cc2)C(=O)N2CC(C)OC(C)C2)c(F)c1. The second-order valence-electron chi connectivity index (χ2n) is 7.76. The Labute approximate surface area is 175 Å². The molecule has 7 heteroatoms. The molecule has 0 saturated carbocycles. The van der Waals surface area contributed by atoms with Crippen LogP contribution in [-0.2, 0) is 11.3 Å². The predicted molar refractivity (Wildman–Crippen MR) is 112 cm³/mol. The molecular formula is C23H27FN2O4. The van der Waals surface area contributed by atoms with Gasteiger partial charge in [0.15, 0.2) is 5.78 Å². The smallest absolute Gasteiger partial charge is 0.325 e. The van der Waals surface area contributed by atoms with Gasteiger partial charge in [0.05, 0.1) is 24.4 Å². The van der Waals surface area contributed by atoms with Gasteiger partial charge in [-0.1, -0.05) is 30.3 Å². The van der Waals surface area contributed by atoms with Gasteiger partial charge in [0.1, 0.15) is 12.4 Å². The summed E-state index contributed by atoms with van der Waals surface area (Å²) in [6.07, 6.45) is -0.211. The molecule has 2 amide bonds. The molecule has 2 unspecified atom stereocenters. The summed E-state index contributed by atoms with van der Waals surface area (Å²) in [4.78, 5) is 28.1. The third kappa shape index (κ3) is 5.04. The molecule has 0 aromatic heterocycles. The van der Waals surface area contributed by atoms with Crippen LogP contribution >= 0.6 is 0 Å². The molecule has 1 fully saturated rings. The van der Waals surface area contributed by atoms with Gasteiger partial charge in [-0.25, -0.2) is 9.18 Å². The molecule has 0 radical (unpaired) electrons. The van der Waals surface area contributed by atoms with E-state index in [2.05, 4.69) is 0 Å². The number of Topliss-reactive ketones (excluding diaryl/α,β-unsaturated/α-hetero) is 1. The van der Waals surface area contributed by atoms with Gasteiger partial charge in [-0.15, -0.1) is 0 Å². The summed E-state index contributed by atoms with van der Waals surface area (Å²) in [6, 6.07) is 11.1. The molecule has 6 nitrogen and oxygen atoms in total. The molecule has 0 bridgehead atoms. The van der Waals surface area contributed by atoms with E-state index in [9.17, 15) is 14.0 Å². The number of aliphatic hydroxyl groups is 1. The Balaban J connectivity index is 1.91. The fourth-order valence-corrected chi connectivity index (χ4v) is 3.66. The molecule has 2 atom stereocenters. The van der Waals surface area contributed by atoms with E-state index >= 15 is 0 Å². The van der Waals surface area contributed by atoms with Gasteiger partial charge in [0.25, 0.3) is 0 Å². The van der Waals surface area contributed by atoms with Crippen molar-refractivity contribution >= 4 is 17.5 Å². The van der Waals surface area contributed by atoms with E-state index < -0.39 is 12.4 Å². The van der Waals surface area contributed by atoms with Crippen LogP contribution in [0, 0.1) is 12.7 Å². The van der Waals surface area contributed by atoms with Gasteiger partial charge >= 0.3 is 6.03 Å². The zero-order valence-electron chi connectivity index (χ0n) is 17.5. The largest absolute Gasteiger partial charge is 0.388 e. The van der Waals surface area contributed by atoms with Crippen molar-refractivity contribution in [1.82, 2.24) is 4.90 Å². The van der Waals surface area contributed by atoms with Crippen molar-refractivity contribution in [1.29, 1.82) is 0 Å². The minimum Gasteiger partial charge on any atom is -0.388 e. The molecule has 2 aromatic rings. The lowest BCUT2D eigenvalue weighted by molar-refractivity contribution is -0.0537. The number of carbonyl (C=O) groups excluding carboxylic acids is 2. The lowest BCUT2D eigenvalue weighted by Crippen LogP contribution is -2.53. The van der Waals surface area contributed by atoms with Crippen LogP contribution in [-0.4, -0.2) is 53.7 Å². The van der Waals surface area contributed by atoms with Crippen LogP contribution in [0.3, 0.4) is 0 Å². The molecule has 0 spiro atoms. The number of aryl methyl sites for hydroxylation is 1. The second-order valence-corrected chi connectivity index (χ2v) is 7.76. The van der Waals surface area contributed by atoms with Crippen LogP contribution in [0.4, 0.5) is 14.9 Å². The van der Waals surface area contributed by atoms with Crippen molar-refractivity contribution in [2.75, 3.05) is 24.6 Å². The quantitative estimate of drug-likeness (QED) is 0.760. The van der Waals surface area contributed by atoms with Crippen LogP contribution in [0.15, 0.2) is 42.5 Å². The highest BCUT2D eigenvalue weighted by Crippen LogP contribution is 2.25. The number of halogens is 1. The zero-order chi connectivity index (χ0) is 21.8. The molecule has 1 aliphatic rings. The Kier molecular flexibility index (Phi) is 6.84. The van der Waals surface area contributed by atoms with Gasteiger partial charge in [0.2, 0.25) is 0 Å². The number of hydrogen-bond acceptors (Lipinski definition) is 4. The number of nitrogens with zero attached hydrogens (tertiary/aromatic N) is 2. The minimum absolute atomic E-state index is 0.105. The number of rotatable bonds is 5. The summed E-state index contributed by atoms with van der Waals surface area (Å²) >= 11 is 0. The summed E-state index contributed by atoms with van der Waals surface area (Å²) in [5.41, 5.74) is 2.10. The molecule has 1 saturated heterocycles. The Bertz CT molecular complexity index is 906. The zero-order valence-corrected chi connectivity index (χ0v) is 17.5. The van der Waals surface area contributed by atoms with Crippen LogP contribution in [0.1, 0.15) is 35.3 Å². The number of hydrogen-bond donors (Lipinski definition) is 1. The van der Waals surface area contributed by atoms with E-state index in [4.69, 9.17) is 9.84 Å². The van der Waals surface area contributed by atoms with Crippen LogP contribution in [0.5, 0.6) is 0 Å². The van der Waals surface area contributed by atoms with E-state index in [-0.39, 0.29) is 36.3 Å². The predicted octanol–water partition coefficient (Wildman–Crippen LogP) is 3.54. The fourth-order valence-electron chi connectivity index (χ4n) is 3.66. The lowest BCUT2D eigenvalue weighted by atomic mass is 10.1. The first kappa shape index (κ1) is 21.9.